The van der Waals surface area contributed by atoms with Crippen molar-refractivity contribution in [2.45, 2.75) is 12.8 Å². The first-order valence-corrected chi connectivity index (χ1v) is 7.53. The molecular formula is C15H16BrN3O. The van der Waals surface area contributed by atoms with Crippen molar-refractivity contribution in [2.24, 2.45) is 11.7 Å². The minimum absolute atomic E-state index is 0.0533. The van der Waals surface area contributed by atoms with Crippen LogP contribution in [0.5, 0.6) is 0 Å². The Morgan fingerprint density at radius 2 is 2.25 bits per heavy atom. The summed E-state index contributed by atoms with van der Waals surface area (Å²) in [5.74, 6) is -0.252. The van der Waals surface area contributed by atoms with Gasteiger partial charge in [-0.3, -0.25) is 9.78 Å². The van der Waals surface area contributed by atoms with E-state index in [0.29, 0.717) is 6.54 Å². The van der Waals surface area contributed by atoms with Crippen molar-refractivity contribution < 1.29 is 4.79 Å². The van der Waals surface area contributed by atoms with Crippen LogP contribution in [0.2, 0.25) is 0 Å². The van der Waals surface area contributed by atoms with Crippen molar-refractivity contribution in [2.75, 3.05) is 18.0 Å². The van der Waals surface area contributed by atoms with Crippen molar-refractivity contribution in [3.05, 3.63) is 34.9 Å². The second kappa shape index (κ2) is 5.40. The Labute approximate surface area is 126 Å². The minimum atomic E-state index is -0.198. The van der Waals surface area contributed by atoms with E-state index in [1.54, 1.807) is 0 Å². The van der Waals surface area contributed by atoms with E-state index in [4.69, 9.17) is 5.73 Å². The van der Waals surface area contributed by atoms with Gasteiger partial charge in [0.25, 0.3) is 0 Å². The summed E-state index contributed by atoms with van der Waals surface area (Å²) in [7, 11) is 0. The maximum atomic E-state index is 11.4. The molecule has 0 saturated carbocycles. The Balaban J connectivity index is 1.99. The molecule has 0 unspecified atom stereocenters. The average molecular weight is 334 g/mol. The van der Waals surface area contributed by atoms with E-state index in [9.17, 15) is 4.79 Å². The summed E-state index contributed by atoms with van der Waals surface area (Å²) in [6.07, 6.45) is 3.70. The largest absolute Gasteiger partial charge is 0.370 e. The normalized spacial score (nSPS) is 19.2. The van der Waals surface area contributed by atoms with Gasteiger partial charge in [-0.15, -0.1) is 0 Å². The van der Waals surface area contributed by atoms with Gasteiger partial charge < -0.3 is 10.6 Å². The molecule has 2 heterocycles. The molecule has 1 aromatic heterocycles. The average Bonchev–Trinajstić information content (AvgIpc) is 2.46. The fourth-order valence-electron chi connectivity index (χ4n) is 2.81. The molecular weight excluding hydrogens is 318 g/mol. The number of carbonyl (C=O) groups is 1. The van der Waals surface area contributed by atoms with Crippen molar-refractivity contribution >= 4 is 38.4 Å². The number of nitrogens with zero attached hydrogens (tertiary/aromatic N) is 2. The third-order valence-electron chi connectivity index (χ3n) is 3.85. The second-order valence-corrected chi connectivity index (χ2v) is 6.09. The molecule has 3 rings (SSSR count). The highest BCUT2D eigenvalue weighted by atomic mass is 79.9. The van der Waals surface area contributed by atoms with Crippen molar-refractivity contribution in [3.8, 4) is 0 Å². The van der Waals surface area contributed by atoms with Gasteiger partial charge in [0.05, 0.1) is 11.4 Å². The number of primary amides is 1. The lowest BCUT2D eigenvalue weighted by Gasteiger charge is -2.33. The summed E-state index contributed by atoms with van der Waals surface area (Å²) < 4.78 is 1.02. The van der Waals surface area contributed by atoms with Crippen LogP contribution in [0.25, 0.3) is 10.9 Å². The van der Waals surface area contributed by atoms with Gasteiger partial charge in [-0.05, 0) is 37.1 Å². The maximum Gasteiger partial charge on any atom is 0.222 e. The highest BCUT2D eigenvalue weighted by molar-refractivity contribution is 9.10. The zero-order valence-electron chi connectivity index (χ0n) is 11.1. The quantitative estimate of drug-likeness (QED) is 0.919. The molecule has 4 nitrogen and oxygen atoms in total. The Kier molecular flexibility index (Phi) is 3.61. The number of anilines is 1. The lowest BCUT2D eigenvalue weighted by molar-refractivity contribution is -0.122. The van der Waals surface area contributed by atoms with Gasteiger partial charge in [0, 0.05) is 34.8 Å². The summed E-state index contributed by atoms with van der Waals surface area (Å²) in [5, 5.41) is 1.11. The van der Waals surface area contributed by atoms with E-state index >= 15 is 0 Å². The van der Waals surface area contributed by atoms with Crippen LogP contribution in [0, 0.1) is 5.92 Å². The lowest BCUT2D eigenvalue weighted by Crippen LogP contribution is -2.41. The van der Waals surface area contributed by atoms with Gasteiger partial charge in [0.2, 0.25) is 5.91 Å². The highest BCUT2D eigenvalue weighted by Gasteiger charge is 2.25. The third kappa shape index (κ3) is 2.50. The molecule has 5 heteroatoms. The number of piperidine rings is 1. The molecule has 2 N–H and O–H groups in total. The lowest BCUT2D eigenvalue weighted by atomic mass is 9.96. The first-order valence-electron chi connectivity index (χ1n) is 6.73. The fraction of sp³-hybridized carbons (Fsp3) is 0.333. The Morgan fingerprint density at radius 1 is 1.40 bits per heavy atom. The van der Waals surface area contributed by atoms with E-state index in [0.717, 1.165) is 40.4 Å². The monoisotopic (exact) mass is 333 g/mol. The first kappa shape index (κ1) is 13.4. The number of halogens is 1. The third-order valence-corrected chi connectivity index (χ3v) is 4.34. The van der Waals surface area contributed by atoms with E-state index in [1.165, 1.54) is 0 Å². The smallest absolute Gasteiger partial charge is 0.222 e. The number of hydrogen-bond donors (Lipinski definition) is 1. The fourth-order valence-corrected chi connectivity index (χ4v) is 3.16. The highest BCUT2D eigenvalue weighted by Crippen LogP contribution is 2.30. The summed E-state index contributed by atoms with van der Waals surface area (Å²) in [6.45, 7) is 1.66. The van der Waals surface area contributed by atoms with Crippen LogP contribution in [0.4, 0.5) is 5.69 Å². The number of hydrogen-bond acceptors (Lipinski definition) is 3. The number of benzene rings is 1. The van der Waals surface area contributed by atoms with Crippen LogP contribution in [0.3, 0.4) is 0 Å². The maximum absolute atomic E-state index is 11.4. The molecule has 1 fully saturated rings. The van der Waals surface area contributed by atoms with E-state index < -0.39 is 0 Å². The number of fused-ring (bicyclic) bond motifs is 1. The molecule has 0 radical (unpaired) electrons. The van der Waals surface area contributed by atoms with Gasteiger partial charge in [0.1, 0.15) is 0 Å². The van der Waals surface area contributed by atoms with Gasteiger partial charge in [-0.25, -0.2) is 0 Å². The Bertz CT molecular complexity index is 659. The standard InChI is InChI=1S/C15H16BrN3O/c16-11-3-4-12-13(8-11)18-6-5-14(12)19-7-1-2-10(9-19)15(17)20/h3-6,8,10H,1-2,7,9H2,(H2,17,20)/t10-/m0/s1. The summed E-state index contributed by atoms with van der Waals surface area (Å²) in [6, 6.07) is 8.10. The molecule has 2 aromatic rings. The van der Waals surface area contributed by atoms with Crippen LogP contribution in [-0.2, 0) is 4.79 Å². The molecule has 20 heavy (non-hydrogen) atoms. The molecule has 1 aliphatic heterocycles. The van der Waals surface area contributed by atoms with Gasteiger partial charge in [-0.2, -0.15) is 0 Å². The van der Waals surface area contributed by atoms with E-state index in [2.05, 4.69) is 31.9 Å². The molecule has 0 aliphatic carbocycles. The number of carbonyl (C=O) groups excluding carboxylic acids is 1. The number of pyridine rings is 1. The predicted molar refractivity (Wildman–Crippen MR) is 83.6 cm³/mol. The molecule has 1 aliphatic rings. The van der Waals surface area contributed by atoms with Crippen molar-refractivity contribution in [1.29, 1.82) is 0 Å². The molecule has 104 valence electrons. The Morgan fingerprint density at radius 3 is 3.05 bits per heavy atom. The molecule has 1 amide bonds. The Hall–Kier alpha value is -1.62. The van der Waals surface area contributed by atoms with Crippen LogP contribution >= 0.6 is 15.9 Å². The van der Waals surface area contributed by atoms with Gasteiger partial charge in [-0.1, -0.05) is 15.9 Å². The molecule has 0 bridgehead atoms. The number of aromatic nitrogens is 1. The zero-order valence-corrected chi connectivity index (χ0v) is 12.6. The molecule has 1 saturated heterocycles. The second-order valence-electron chi connectivity index (χ2n) is 5.18. The van der Waals surface area contributed by atoms with E-state index in [-0.39, 0.29) is 11.8 Å². The first-order chi connectivity index (χ1) is 9.65. The summed E-state index contributed by atoms with van der Waals surface area (Å²) in [5.41, 5.74) is 7.55. The number of nitrogens with two attached hydrogens (primary N) is 1. The molecule has 1 atom stereocenters. The topological polar surface area (TPSA) is 59.2 Å². The number of amides is 1. The number of rotatable bonds is 2. The van der Waals surface area contributed by atoms with Crippen LogP contribution in [0.1, 0.15) is 12.8 Å². The molecule has 0 spiro atoms. The predicted octanol–water partition coefficient (Wildman–Crippen LogP) is 2.70. The van der Waals surface area contributed by atoms with Gasteiger partial charge >= 0.3 is 0 Å². The summed E-state index contributed by atoms with van der Waals surface area (Å²) in [4.78, 5) is 18.1. The van der Waals surface area contributed by atoms with Crippen LogP contribution in [0.15, 0.2) is 34.9 Å². The van der Waals surface area contributed by atoms with Crippen LogP contribution < -0.4 is 10.6 Å². The van der Waals surface area contributed by atoms with Gasteiger partial charge in [0.15, 0.2) is 0 Å². The van der Waals surface area contributed by atoms with Crippen LogP contribution in [-0.4, -0.2) is 24.0 Å². The minimum Gasteiger partial charge on any atom is -0.370 e. The van der Waals surface area contributed by atoms with E-state index in [1.807, 2.05) is 24.4 Å². The zero-order chi connectivity index (χ0) is 14.1. The van der Waals surface area contributed by atoms with Crippen molar-refractivity contribution in [3.63, 3.8) is 0 Å². The SMILES string of the molecule is NC(=O)[C@H]1CCCN(c2ccnc3cc(Br)ccc23)C1. The summed E-state index contributed by atoms with van der Waals surface area (Å²) >= 11 is 3.47. The molecule has 1 aromatic carbocycles. The van der Waals surface area contributed by atoms with Crippen molar-refractivity contribution in [1.82, 2.24) is 4.98 Å².